The molecule has 2 amide bonds. The summed E-state index contributed by atoms with van der Waals surface area (Å²) in [7, 11) is 3.39. The van der Waals surface area contributed by atoms with E-state index in [1.165, 1.54) is 19.2 Å². The molecule has 1 saturated heterocycles. The van der Waals surface area contributed by atoms with Gasteiger partial charge in [-0.25, -0.2) is 4.39 Å². The van der Waals surface area contributed by atoms with Crippen LogP contribution in [0.5, 0.6) is 11.6 Å². The summed E-state index contributed by atoms with van der Waals surface area (Å²) in [5.74, 6) is 0.819. The molecular weight excluding hydrogens is 465 g/mol. The first-order valence-corrected chi connectivity index (χ1v) is 11.6. The van der Waals surface area contributed by atoms with E-state index in [-0.39, 0.29) is 30.1 Å². The molecule has 4 rings (SSSR count). The largest absolute Gasteiger partial charge is 0.496 e. The summed E-state index contributed by atoms with van der Waals surface area (Å²) in [6, 6.07) is 16.8. The summed E-state index contributed by atoms with van der Waals surface area (Å²) in [4.78, 5) is 30.7. The van der Waals surface area contributed by atoms with Gasteiger partial charge in [0.2, 0.25) is 5.88 Å². The minimum Gasteiger partial charge on any atom is -0.496 e. The minimum absolute atomic E-state index is 0.115. The van der Waals surface area contributed by atoms with Crippen molar-refractivity contribution in [3.63, 3.8) is 0 Å². The van der Waals surface area contributed by atoms with Gasteiger partial charge in [-0.3, -0.25) is 9.59 Å². The summed E-state index contributed by atoms with van der Waals surface area (Å²) < 4.78 is 23.9. The van der Waals surface area contributed by atoms with Gasteiger partial charge in [-0.05, 0) is 35.9 Å². The smallest absolute Gasteiger partial charge is 0.260 e. The Morgan fingerprint density at radius 1 is 0.944 bits per heavy atom. The fraction of sp³-hybridized carbons (Fsp3) is 0.308. The molecule has 0 bridgehead atoms. The predicted molar refractivity (Wildman–Crippen MR) is 132 cm³/mol. The highest BCUT2D eigenvalue weighted by Gasteiger charge is 2.26. The predicted octanol–water partition coefficient (Wildman–Crippen LogP) is 2.62. The number of carbonyl (C=O) groups is 2. The average Bonchev–Trinajstić information content (AvgIpc) is 2.93. The number of benzene rings is 2. The molecule has 10 heteroatoms. The van der Waals surface area contributed by atoms with E-state index in [1.54, 1.807) is 52.3 Å². The van der Waals surface area contributed by atoms with Gasteiger partial charge in [0.1, 0.15) is 11.6 Å². The molecule has 1 aliphatic heterocycles. The van der Waals surface area contributed by atoms with E-state index < -0.39 is 0 Å². The first kappa shape index (κ1) is 24.9. The maximum absolute atomic E-state index is 13.1. The van der Waals surface area contributed by atoms with Gasteiger partial charge in [0.25, 0.3) is 11.8 Å². The van der Waals surface area contributed by atoms with E-state index in [0.29, 0.717) is 49.9 Å². The number of piperazine rings is 1. The van der Waals surface area contributed by atoms with Crippen LogP contribution in [0.3, 0.4) is 0 Å². The fourth-order valence-corrected chi connectivity index (χ4v) is 3.92. The highest BCUT2D eigenvalue weighted by atomic mass is 19.1. The maximum atomic E-state index is 13.1. The zero-order valence-corrected chi connectivity index (χ0v) is 20.3. The van der Waals surface area contributed by atoms with Gasteiger partial charge in [0, 0.05) is 45.8 Å². The van der Waals surface area contributed by atoms with Gasteiger partial charge in [-0.2, -0.15) is 0 Å². The Labute approximate surface area is 209 Å². The fourth-order valence-electron chi connectivity index (χ4n) is 3.92. The second-order valence-corrected chi connectivity index (χ2v) is 8.37. The molecule has 0 unspecified atom stereocenters. The number of nitrogens with zero attached hydrogens (tertiary/aromatic N) is 5. The lowest BCUT2D eigenvalue weighted by atomic mass is 10.1. The SMILES string of the molecule is COc1ccccc1C(=O)N1CCN(C(=O)COc2ccc(N(C)Cc3ccc(F)cc3)nn2)CC1. The Kier molecular flexibility index (Phi) is 7.94. The quantitative estimate of drug-likeness (QED) is 0.477. The number of methoxy groups -OCH3 is 1. The van der Waals surface area contributed by atoms with Crippen molar-refractivity contribution in [3.8, 4) is 11.6 Å². The molecule has 0 radical (unpaired) electrons. The third-order valence-electron chi connectivity index (χ3n) is 5.95. The van der Waals surface area contributed by atoms with E-state index in [0.717, 1.165) is 5.56 Å². The van der Waals surface area contributed by atoms with Crippen molar-refractivity contribution in [2.45, 2.75) is 6.54 Å². The molecule has 0 N–H and O–H groups in total. The number of ether oxygens (including phenoxy) is 2. The third-order valence-corrected chi connectivity index (χ3v) is 5.95. The van der Waals surface area contributed by atoms with Crippen LogP contribution in [0.25, 0.3) is 0 Å². The first-order valence-electron chi connectivity index (χ1n) is 11.6. The van der Waals surface area contributed by atoms with Crippen LogP contribution < -0.4 is 14.4 Å². The summed E-state index contributed by atoms with van der Waals surface area (Å²) in [6.07, 6.45) is 0. The summed E-state index contributed by atoms with van der Waals surface area (Å²) in [6.45, 7) is 2.07. The lowest BCUT2D eigenvalue weighted by Crippen LogP contribution is -2.51. The van der Waals surface area contributed by atoms with Crippen molar-refractivity contribution in [1.29, 1.82) is 0 Å². The number of aromatic nitrogens is 2. The van der Waals surface area contributed by atoms with Crippen molar-refractivity contribution in [1.82, 2.24) is 20.0 Å². The standard InChI is InChI=1S/C26H28FN5O4/c1-30(17-19-7-9-20(27)10-8-19)23-11-12-24(29-28-23)36-18-25(33)31-13-15-32(16-14-31)26(34)21-5-3-4-6-22(21)35-2/h3-12H,13-18H2,1-2H3. The van der Waals surface area contributed by atoms with Crippen molar-refractivity contribution in [3.05, 3.63) is 77.6 Å². The van der Waals surface area contributed by atoms with Crippen LogP contribution >= 0.6 is 0 Å². The van der Waals surface area contributed by atoms with Crippen LogP contribution in [-0.2, 0) is 11.3 Å². The van der Waals surface area contributed by atoms with Crippen LogP contribution in [0, 0.1) is 5.82 Å². The number of anilines is 1. The van der Waals surface area contributed by atoms with E-state index in [2.05, 4.69) is 10.2 Å². The lowest BCUT2D eigenvalue weighted by molar-refractivity contribution is -0.134. The first-order chi connectivity index (χ1) is 17.4. The van der Waals surface area contributed by atoms with E-state index >= 15 is 0 Å². The Hall–Kier alpha value is -4.21. The van der Waals surface area contributed by atoms with Crippen LogP contribution in [0.15, 0.2) is 60.7 Å². The molecular formula is C26H28FN5O4. The van der Waals surface area contributed by atoms with Crippen molar-refractivity contribution < 1.29 is 23.5 Å². The zero-order valence-electron chi connectivity index (χ0n) is 20.3. The molecule has 2 heterocycles. The second-order valence-electron chi connectivity index (χ2n) is 8.37. The Bertz CT molecular complexity index is 1180. The molecule has 2 aromatic carbocycles. The molecule has 9 nitrogen and oxygen atoms in total. The zero-order chi connectivity index (χ0) is 25.5. The number of halogens is 1. The molecule has 1 aromatic heterocycles. The minimum atomic E-state index is -0.277. The number of rotatable bonds is 8. The number of carbonyl (C=O) groups excluding carboxylic acids is 2. The third kappa shape index (κ3) is 6.07. The summed E-state index contributed by atoms with van der Waals surface area (Å²) in [5, 5.41) is 8.20. The van der Waals surface area contributed by atoms with Crippen LogP contribution in [0.1, 0.15) is 15.9 Å². The number of hydrogen-bond donors (Lipinski definition) is 0. The van der Waals surface area contributed by atoms with Gasteiger partial charge in [0.15, 0.2) is 12.4 Å². The maximum Gasteiger partial charge on any atom is 0.260 e. The van der Waals surface area contributed by atoms with Crippen molar-refractivity contribution in [2.24, 2.45) is 0 Å². The summed E-state index contributed by atoms with van der Waals surface area (Å²) in [5.41, 5.74) is 1.45. The van der Waals surface area contributed by atoms with Gasteiger partial charge in [-0.15, -0.1) is 10.2 Å². The van der Waals surface area contributed by atoms with Crippen molar-refractivity contribution in [2.75, 3.05) is 51.8 Å². The van der Waals surface area contributed by atoms with E-state index in [4.69, 9.17) is 9.47 Å². The van der Waals surface area contributed by atoms with Crippen LogP contribution in [-0.4, -0.2) is 78.8 Å². The summed E-state index contributed by atoms with van der Waals surface area (Å²) >= 11 is 0. The van der Waals surface area contributed by atoms with Gasteiger partial charge in [-0.1, -0.05) is 24.3 Å². The lowest BCUT2D eigenvalue weighted by Gasteiger charge is -2.34. The van der Waals surface area contributed by atoms with E-state index in [9.17, 15) is 14.0 Å². The van der Waals surface area contributed by atoms with Gasteiger partial charge in [0.05, 0.1) is 12.7 Å². The highest BCUT2D eigenvalue weighted by Crippen LogP contribution is 2.20. The molecule has 1 fully saturated rings. The molecule has 1 aliphatic rings. The number of hydrogen-bond acceptors (Lipinski definition) is 7. The molecule has 0 spiro atoms. The molecule has 3 aromatic rings. The van der Waals surface area contributed by atoms with Crippen LogP contribution in [0.2, 0.25) is 0 Å². The molecule has 188 valence electrons. The van der Waals surface area contributed by atoms with Gasteiger partial charge >= 0.3 is 0 Å². The highest BCUT2D eigenvalue weighted by molar-refractivity contribution is 5.97. The van der Waals surface area contributed by atoms with E-state index in [1.807, 2.05) is 18.0 Å². The normalized spacial score (nSPS) is 13.3. The topological polar surface area (TPSA) is 88.1 Å². The number of para-hydroxylation sites is 1. The molecule has 0 saturated carbocycles. The Morgan fingerprint density at radius 2 is 1.64 bits per heavy atom. The Balaban J connectivity index is 1.24. The van der Waals surface area contributed by atoms with Gasteiger partial charge < -0.3 is 24.2 Å². The average molecular weight is 494 g/mol. The molecule has 0 aliphatic carbocycles. The monoisotopic (exact) mass is 493 g/mol. The molecule has 36 heavy (non-hydrogen) atoms. The Morgan fingerprint density at radius 3 is 2.31 bits per heavy atom. The van der Waals surface area contributed by atoms with Crippen molar-refractivity contribution >= 4 is 17.6 Å². The number of amides is 2. The second kappa shape index (κ2) is 11.5. The van der Waals surface area contributed by atoms with Crippen LogP contribution in [0.4, 0.5) is 10.2 Å². The molecule has 0 atom stereocenters.